The Morgan fingerprint density at radius 2 is 1.81 bits per heavy atom. The highest BCUT2D eigenvalue weighted by atomic mass is 35.5. The van der Waals surface area contributed by atoms with Gasteiger partial charge < -0.3 is 19.7 Å². The molecule has 2 aromatic carbocycles. The van der Waals surface area contributed by atoms with Crippen molar-refractivity contribution in [1.29, 1.82) is 0 Å². The monoisotopic (exact) mass is 537 g/mol. The smallest absolute Gasteiger partial charge is 0.242 e. The van der Waals surface area contributed by atoms with E-state index >= 15 is 0 Å². The average Bonchev–Trinajstić information content (AvgIpc) is 3.26. The minimum atomic E-state index is -3.62. The predicted molar refractivity (Wildman–Crippen MR) is 139 cm³/mol. The highest BCUT2D eigenvalue weighted by molar-refractivity contribution is 7.92. The van der Waals surface area contributed by atoms with Crippen molar-refractivity contribution in [3.05, 3.63) is 53.1 Å². The van der Waals surface area contributed by atoms with Gasteiger partial charge in [-0.3, -0.25) is 13.9 Å². The number of ether oxygens (including phenoxy) is 2. The van der Waals surface area contributed by atoms with Crippen molar-refractivity contribution < 1.29 is 27.5 Å². The molecule has 1 heterocycles. The number of anilines is 1. The second kappa shape index (κ2) is 11.8. The van der Waals surface area contributed by atoms with Crippen molar-refractivity contribution in [3.63, 3.8) is 0 Å². The van der Waals surface area contributed by atoms with Gasteiger partial charge in [0.2, 0.25) is 28.6 Å². The molecule has 0 saturated heterocycles. The molecule has 9 nitrogen and oxygen atoms in total. The first kappa shape index (κ1) is 27.6. The van der Waals surface area contributed by atoms with Crippen LogP contribution in [-0.4, -0.2) is 56.8 Å². The lowest BCUT2D eigenvalue weighted by molar-refractivity contribution is -0.140. The Bertz CT molecular complexity index is 1200. The average molecular weight is 538 g/mol. The molecule has 2 aromatic rings. The van der Waals surface area contributed by atoms with Gasteiger partial charge in [-0.2, -0.15) is 0 Å². The number of amides is 2. The third-order valence-corrected chi connectivity index (χ3v) is 7.07. The summed E-state index contributed by atoms with van der Waals surface area (Å²) in [7, 11) is -3.62. The van der Waals surface area contributed by atoms with E-state index in [2.05, 4.69) is 5.32 Å². The Balaban J connectivity index is 1.73. The first-order valence-electron chi connectivity index (χ1n) is 11.7. The van der Waals surface area contributed by atoms with Crippen molar-refractivity contribution in [2.75, 3.05) is 23.9 Å². The van der Waals surface area contributed by atoms with Crippen LogP contribution in [0.25, 0.3) is 0 Å². The van der Waals surface area contributed by atoms with Gasteiger partial charge >= 0.3 is 0 Å². The molecule has 0 spiro atoms. The molecular weight excluding hydrogens is 506 g/mol. The fraction of sp³-hybridized carbons (Fsp3) is 0.440. The minimum absolute atomic E-state index is 0.0520. The lowest BCUT2D eigenvalue weighted by atomic mass is 10.1. The summed E-state index contributed by atoms with van der Waals surface area (Å²) in [5, 5.41) is 3.38. The van der Waals surface area contributed by atoms with Gasteiger partial charge in [0, 0.05) is 36.6 Å². The molecule has 0 fully saturated rings. The number of hydrogen-bond donors (Lipinski definition) is 1. The molecule has 1 aliphatic rings. The Hall–Kier alpha value is -2.98. The number of halogens is 1. The summed E-state index contributed by atoms with van der Waals surface area (Å²) < 4.78 is 36.9. The molecule has 0 saturated carbocycles. The molecule has 1 N–H and O–H groups in total. The molecule has 1 aliphatic heterocycles. The van der Waals surface area contributed by atoms with E-state index < -0.39 is 16.1 Å². The fourth-order valence-electron chi connectivity index (χ4n) is 3.86. The zero-order chi connectivity index (χ0) is 26.5. The van der Waals surface area contributed by atoms with Crippen molar-refractivity contribution in [2.24, 2.45) is 0 Å². The molecule has 2 amide bonds. The van der Waals surface area contributed by atoms with Crippen LogP contribution >= 0.6 is 11.6 Å². The van der Waals surface area contributed by atoms with Crippen LogP contribution < -0.4 is 19.1 Å². The minimum Gasteiger partial charge on any atom is -0.454 e. The van der Waals surface area contributed by atoms with Crippen molar-refractivity contribution in [2.45, 2.75) is 52.2 Å². The zero-order valence-corrected chi connectivity index (χ0v) is 22.4. The first-order valence-corrected chi connectivity index (χ1v) is 13.9. The quantitative estimate of drug-likeness (QED) is 0.470. The lowest BCUT2D eigenvalue weighted by Crippen LogP contribution is -2.49. The van der Waals surface area contributed by atoms with Gasteiger partial charge in [-0.15, -0.1) is 0 Å². The second-order valence-electron chi connectivity index (χ2n) is 8.97. The molecule has 3 rings (SSSR count). The van der Waals surface area contributed by atoms with E-state index in [1.54, 1.807) is 43.3 Å². The Morgan fingerprint density at radius 1 is 1.08 bits per heavy atom. The van der Waals surface area contributed by atoms with Crippen LogP contribution in [0.2, 0.25) is 5.02 Å². The van der Waals surface area contributed by atoms with Gasteiger partial charge in [0.15, 0.2) is 11.5 Å². The van der Waals surface area contributed by atoms with E-state index in [1.165, 1.54) is 9.21 Å². The topological polar surface area (TPSA) is 105 Å². The summed E-state index contributed by atoms with van der Waals surface area (Å²) in [5.74, 6) is 0.488. The van der Waals surface area contributed by atoms with Crippen molar-refractivity contribution in [3.8, 4) is 11.5 Å². The maximum Gasteiger partial charge on any atom is 0.242 e. The fourth-order valence-corrected chi connectivity index (χ4v) is 5.03. The van der Waals surface area contributed by atoms with Crippen LogP contribution in [0, 0.1) is 0 Å². The number of nitrogens with one attached hydrogen (secondary N) is 1. The first-order chi connectivity index (χ1) is 17.0. The van der Waals surface area contributed by atoms with Crippen LogP contribution in [0.3, 0.4) is 0 Å². The van der Waals surface area contributed by atoms with Gasteiger partial charge in [-0.05, 0) is 57.0 Å². The Labute approximate surface area is 217 Å². The van der Waals surface area contributed by atoms with E-state index in [0.717, 1.165) is 11.8 Å². The molecule has 0 aliphatic carbocycles. The number of benzene rings is 2. The van der Waals surface area contributed by atoms with Crippen LogP contribution in [0.15, 0.2) is 42.5 Å². The summed E-state index contributed by atoms with van der Waals surface area (Å²) in [5.41, 5.74) is 1.22. The number of sulfonamides is 1. The third-order valence-electron chi connectivity index (χ3n) is 5.64. The highest BCUT2D eigenvalue weighted by Crippen LogP contribution is 2.36. The van der Waals surface area contributed by atoms with Crippen LogP contribution in [0.4, 0.5) is 5.69 Å². The lowest BCUT2D eigenvalue weighted by Gasteiger charge is -2.30. The van der Waals surface area contributed by atoms with Gasteiger partial charge in [0.05, 0.1) is 11.9 Å². The summed E-state index contributed by atoms with van der Waals surface area (Å²) in [6.45, 7) is 5.74. The van der Waals surface area contributed by atoms with Gasteiger partial charge in [0.1, 0.15) is 6.04 Å². The second-order valence-corrected chi connectivity index (χ2v) is 11.3. The maximum absolute atomic E-state index is 13.3. The number of hydrogen-bond acceptors (Lipinski definition) is 6. The molecule has 0 unspecified atom stereocenters. The standard InChI is InChI=1S/C25H32ClN3O6S/c1-17(2)27-25(31)18(3)28(15-19-7-5-8-20(26)13-19)24(30)9-6-12-29(36(4,32)33)21-10-11-22-23(14-21)35-16-34-22/h5,7-8,10-11,13-14,17-18H,6,9,12,15-16H2,1-4H3,(H,27,31)/t18-/m1/s1. The van der Waals surface area contributed by atoms with Gasteiger partial charge in [-0.1, -0.05) is 23.7 Å². The van der Waals surface area contributed by atoms with Gasteiger partial charge in [-0.25, -0.2) is 8.42 Å². The molecule has 196 valence electrons. The molecule has 36 heavy (non-hydrogen) atoms. The predicted octanol–water partition coefficient (Wildman–Crippen LogP) is 3.56. The highest BCUT2D eigenvalue weighted by Gasteiger charge is 2.27. The van der Waals surface area contributed by atoms with E-state index in [4.69, 9.17) is 21.1 Å². The van der Waals surface area contributed by atoms with E-state index in [0.29, 0.717) is 22.2 Å². The number of rotatable bonds is 11. The van der Waals surface area contributed by atoms with Crippen LogP contribution in [0.5, 0.6) is 11.5 Å². The third kappa shape index (κ3) is 7.27. The van der Waals surface area contributed by atoms with E-state index in [1.807, 2.05) is 19.9 Å². The molecule has 0 aromatic heterocycles. The number of carbonyl (C=O) groups excluding carboxylic acids is 2. The Kier molecular flexibility index (Phi) is 9.08. The molecule has 11 heteroatoms. The number of fused-ring (bicyclic) bond motifs is 1. The molecule has 1 atom stereocenters. The largest absolute Gasteiger partial charge is 0.454 e. The van der Waals surface area contributed by atoms with E-state index in [9.17, 15) is 18.0 Å². The van der Waals surface area contributed by atoms with Crippen molar-refractivity contribution >= 4 is 39.1 Å². The summed E-state index contributed by atoms with van der Waals surface area (Å²) >= 11 is 6.11. The van der Waals surface area contributed by atoms with Crippen LogP contribution in [0.1, 0.15) is 39.2 Å². The molecule has 0 radical (unpaired) electrons. The number of carbonyl (C=O) groups is 2. The van der Waals surface area contributed by atoms with E-state index in [-0.39, 0.29) is 50.6 Å². The zero-order valence-electron chi connectivity index (χ0n) is 20.9. The summed E-state index contributed by atoms with van der Waals surface area (Å²) in [6.07, 6.45) is 1.42. The maximum atomic E-state index is 13.3. The molecular formula is C25H32ClN3O6S. The van der Waals surface area contributed by atoms with Crippen molar-refractivity contribution in [1.82, 2.24) is 10.2 Å². The SMILES string of the molecule is CC(C)NC(=O)[C@@H](C)N(Cc1cccc(Cl)c1)C(=O)CCCN(c1ccc2c(c1)OCO2)S(C)(=O)=O. The molecule has 0 bridgehead atoms. The van der Waals surface area contributed by atoms with Gasteiger partial charge in [0.25, 0.3) is 0 Å². The van der Waals surface area contributed by atoms with Crippen LogP contribution in [-0.2, 0) is 26.2 Å². The number of nitrogens with zero attached hydrogens (tertiary/aromatic N) is 2. The normalized spacial score (nSPS) is 13.4. The Morgan fingerprint density at radius 3 is 2.47 bits per heavy atom. The summed E-state index contributed by atoms with van der Waals surface area (Å²) in [6, 6.07) is 11.2. The summed E-state index contributed by atoms with van der Waals surface area (Å²) in [4.78, 5) is 27.5.